The van der Waals surface area contributed by atoms with Crippen molar-refractivity contribution in [3.63, 3.8) is 0 Å². The highest BCUT2D eigenvalue weighted by molar-refractivity contribution is 5.80. The summed E-state index contributed by atoms with van der Waals surface area (Å²) in [5.41, 5.74) is 0. The van der Waals surface area contributed by atoms with Crippen LogP contribution in [0.25, 0.3) is 0 Å². The van der Waals surface area contributed by atoms with Gasteiger partial charge in [0.1, 0.15) is 12.2 Å². The van der Waals surface area contributed by atoms with Crippen molar-refractivity contribution >= 4 is 5.91 Å². The topological polar surface area (TPSA) is 110 Å². The second kappa shape index (κ2) is 34.9. The minimum absolute atomic E-state index is 0.329. The van der Waals surface area contributed by atoms with Gasteiger partial charge in [0.2, 0.25) is 5.91 Å². The normalized spacial score (nSPS) is 14.8. The van der Waals surface area contributed by atoms with Crippen LogP contribution in [0.3, 0.4) is 0 Å². The molecule has 0 rings (SSSR count). The van der Waals surface area contributed by atoms with Crippen molar-refractivity contribution in [2.45, 2.75) is 205 Å². The van der Waals surface area contributed by atoms with Gasteiger partial charge in [0, 0.05) is 0 Å². The molecule has 4 atom stereocenters. The van der Waals surface area contributed by atoms with E-state index in [1.807, 2.05) is 0 Å². The molecule has 6 heteroatoms. The molecule has 0 saturated heterocycles. The lowest BCUT2D eigenvalue weighted by atomic mass is 10.00. The summed E-state index contributed by atoms with van der Waals surface area (Å²) in [7, 11) is 0. The van der Waals surface area contributed by atoms with Gasteiger partial charge in [-0.15, -0.1) is 0 Å². The number of unbranched alkanes of at least 4 members (excludes halogenated alkanes) is 19. The second-order valence-electron chi connectivity index (χ2n) is 13.3. The summed E-state index contributed by atoms with van der Waals surface area (Å²) in [5, 5.41) is 43.4. The molecule has 0 saturated carbocycles. The highest BCUT2D eigenvalue weighted by atomic mass is 16.3. The van der Waals surface area contributed by atoms with E-state index < -0.39 is 36.9 Å². The zero-order valence-corrected chi connectivity index (χ0v) is 30.1. The van der Waals surface area contributed by atoms with Gasteiger partial charge < -0.3 is 25.7 Å². The Bertz CT molecular complexity index is 737. The van der Waals surface area contributed by atoms with E-state index in [4.69, 9.17) is 0 Å². The number of aliphatic hydroxyl groups is 4. The molecule has 0 aromatic carbocycles. The van der Waals surface area contributed by atoms with Crippen molar-refractivity contribution in [3.05, 3.63) is 36.5 Å². The maximum Gasteiger partial charge on any atom is 0.249 e. The third kappa shape index (κ3) is 28.7. The number of nitrogens with one attached hydrogen (secondary N) is 1. The van der Waals surface area contributed by atoms with E-state index in [-0.39, 0.29) is 0 Å². The Morgan fingerprint density at radius 1 is 0.522 bits per heavy atom. The Morgan fingerprint density at radius 2 is 0.913 bits per heavy atom. The van der Waals surface area contributed by atoms with Crippen LogP contribution in [0.15, 0.2) is 36.5 Å². The lowest BCUT2D eigenvalue weighted by Gasteiger charge is -2.27. The molecule has 270 valence electrons. The first-order chi connectivity index (χ1) is 22.5. The Balaban J connectivity index is 3.90. The van der Waals surface area contributed by atoms with Crippen LogP contribution >= 0.6 is 0 Å². The molecular weight excluding hydrogens is 574 g/mol. The Labute approximate surface area is 284 Å². The number of amides is 1. The summed E-state index contributed by atoms with van der Waals surface area (Å²) in [6, 6.07) is -1.01. The summed E-state index contributed by atoms with van der Waals surface area (Å²) in [5.74, 6) is -0.617. The Hall–Kier alpha value is -1.47. The molecule has 0 bridgehead atoms. The SMILES string of the molecule is CCCCCCCC/C=C\CCCCC(O)C(=O)NC(CO)C(O)C(O)CCC/C=C/CC/C=C/CCCCCCCCCCC. The van der Waals surface area contributed by atoms with Crippen LogP contribution in [0.4, 0.5) is 0 Å². The van der Waals surface area contributed by atoms with Gasteiger partial charge >= 0.3 is 0 Å². The molecule has 6 nitrogen and oxygen atoms in total. The first kappa shape index (κ1) is 44.5. The Kier molecular flexibility index (Phi) is 33.7. The van der Waals surface area contributed by atoms with Crippen LogP contribution in [0.1, 0.15) is 181 Å². The van der Waals surface area contributed by atoms with Gasteiger partial charge in [-0.3, -0.25) is 4.79 Å². The van der Waals surface area contributed by atoms with Gasteiger partial charge in [-0.2, -0.15) is 0 Å². The van der Waals surface area contributed by atoms with Crippen LogP contribution in [0, 0.1) is 0 Å². The largest absolute Gasteiger partial charge is 0.394 e. The first-order valence-electron chi connectivity index (χ1n) is 19.4. The van der Waals surface area contributed by atoms with E-state index in [2.05, 4.69) is 55.6 Å². The van der Waals surface area contributed by atoms with E-state index in [1.165, 1.54) is 103 Å². The summed E-state index contributed by atoms with van der Waals surface area (Å²) >= 11 is 0. The summed E-state index contributed by atoms with van der Waals surface area (Å²) < 4.78 is 0. The average Bonchev–Trinajstić information content (AvgIpc) is 3.06. The first-order valence-corrected chi connectivity index (χ1v) is 19.4. The van der Waals surface area contributed by atoms with Gasteiger partial charge in [0.05, 0.1) is 18.8 Å². The maximum atomic E-state index is 12.4. The standard InChI is InChI=1S/C40H75NO5/c1-3-5-7-9-11-13-15-17-18-19-20-21-22-24-25-27-29-31-33-37(43)39(45)36(35-42)41-40(46)38(44)34-32-30-28-26-23-16-14-12-10-8-6-4-2/h20-21,23,25-27,36-39,42-45H,3-19,22,24,28-35H2,1-2H3,(H,41,46)/b21-20+,26-23-,27-25+. The van der Waals surface area contributed by atoms with Gasteiger partial charge in [-0.1, -0.05) is 140 Å². The molecule has 46 heavy (non-hydrogen) atoms. The fraction of sp³-hybridized carbons (Fsp3) is 0.825. The highest BCUT2D eigenvalue weighted by Gasteiger charge is 2.28. The van der Waals surface area contributed by atoms with E-state index in [0.717, 1.165) is 38.5 Å². The van der Waals surface area contributed by atoms with Crippen molar-refractivity contribution in [1.82, 2.24) is 5.32 Å². The third-order valence-corrected chi connectivity index (χ3v) is 8.80. The lowest BCUT2D eigenvalue weighted by molar-refractivity contribution is -0.132. The number of carbonyl (C=O) groups is 1. The summed E-state index contributed by atoms with van der Waals surface area (Å²) in [4.78, 5) is 12.4. The van der Waals surface area contributed by atoms with Gasteiger partial charge in [-0.25, -0.2) is 0 Å². The predicted molar refractivity (Wildman–Crippen MR) is 196 cm³/mol. The van der Waals surface area contributed by atoms with Crippen LogP contribution in [-0.2, 0) is 4.79 Å². The minimum Gasteiger partial charge on any atom is -0.394 e. The van der Waals surface area contributed by atoms with Crippen LogP contribution in [-0.4, -0.2) is 57.3 Å². The van der Waals surface area contributed by atoms with E-state index in [1.54, 1.807) is 0 Å². The molecule has 0 spiro atoms. The number of rotatable bonds is 34. The molecule has 4 unspecified atom stereocenters. The molecular formula is C40H75NO5. The summed E-state index contributed by atoms with van der Waals surface area (Å²) in [6.07, 6.45) is 38.8. The zero-order chi connectivity index (χ0) is 33.9. The number of hydrogen-bond acceptors (Lipinski definition) is 5. The maximum absolute atomic E-state index is 12.4. The van der Waals surface area contributed by atoms with E-state index >= 15 is 0 Å². The van der Waals surface area contributed by atoms with Crippen molar-refractivity contribution in [2.75, 3.05) is 6.61 Å². The van der Waals surface area contributed by atoms with Crippen LogP contribution in [0.2, 0.25) is 0 Å². The molecule has 0 aliphatic rings. The molecule has 0 radical (unpaired) electrons. The second-order valence-corrected chi connectivity index (χ2v) is 13.3. The van der Waals surface area contributed by atoms with E-state index in [0.29, 0.717) is 25.7 Å². The lowest BCUT2D eigenvalue weighted by Crippen LogP contribution is -2.53. The number of carbonyl (C=O) groups excluding carboxylic acids is 1. The third-order valence-electron chi connectivity index (χ3n) is 8.80. The smallest absolute Gasteiger partial charge is 0.249 e. The highest BCUT2D eigenvalue weighted by Crippen LogP contribution is 2.13. The zero-order valence-electron chi connectivity index (χ0n) is 30.1. The molecule has 1 amide bonds. The summed E-state index contributed by atoms with van der Waals surface area (Å²) in [6.45, 7) is 3.99. The fourth-order valence-corrected chi connectivity index (χ4v) is 5.65. The monoisotopic (exact) mass is 650 g/mol. The molecule has 0 fully saturated rings. The molecule has 5 N–H and O–H groups in total. The van der Waals surface area contributed by atoms with Gasteiger partial charge in [-0.05, 0) is 77.0 Å². The molecule has 0 aromatic heterocycles. The average molecular weight is 650 g/mol. The minimum atomic E-state index is -1.29. The quantitative estimate of drug-likeness (QED) is 0.0352. The number of hydrogen-bond donors (Lipinski definition) is 5. The molecule has 0 heterocycles. The predicted octanol–water partition coefficient (Wildman–Crippen LogP) is 9.40. The fourth-order valence-electron chi connectivity index (χ4n) is 5.65. The van der Waals surface area contributed by atoms with Crippen molar-refractivity contribution in [1.29, 1.82) is 0 Å². The molecule has 0 aromatic rings. The van der Waals surface area contributed by atoms with E-state index in [9.17, 15) is 25.2 Å². The van der Waals surface area contributed by atoms with Crippen LogP contribution < -0.4 is 5.32 Å². The van der Waals surface area contributed by atoms with Gasteiger partial charge in [0.25, 0.3) is 0 Å². The van der Waals surface area contributed by atoms with Gasteiger partial charge in [0.15, 0.2) is 0 Å². The number of aliphatic hydroxyl groups excluding tert-OH is 4. The van der Waals surface area contributed by atoms with Crippen LogP contribution in [0.5, 0.6) is 0 Å². The number of allylic oxidation sites excluding steroid dienone is 6. The van der Waals surface area contributed by atoms with Crippen molar-refractivity contribution < 1.29 is 25.2 Å². The van der Waals surface area contributed by atoms with Crippen molar-refractivity contribution in [2.24, 2.45) is 0 Å². The Morgan fingerprint density at radius 3 is 1.37 bits per heavy atom. The molecule has 0 aliphatic carbocycles. The molecule has 0 aliphatic heterocycles. The van der Waals surface area contributed by atoms with Crippen molar-refractivity contribution in [3.8, 4) is 0 Å².